The number of amides is 1. The van der Waals surface area contributed by atoms with Crippen molar-refractivity contribution in [3.8, 4) is 5.75 Å². The van der Waals surface area contributed by atoms with Gasteiger partial charge in [0.25, 0.3) is 11.6 Å². The zero-order valence-electron chi connectivity index (χ0n) is 18.1. The number of carboxylic acids is 1. The van der Waals surface area contributed by atoms with Gasteiger partial charge < -0.3 is 9.84 Å². The number of nitrogens with zero attached hydrogens (tertiary/aromatic N) is 2. The topological polar surface area (TPSA) is 131 Å². The molecule has 1 aromatic heterocycles. The van der Waals surface area contributed by atoms with Crippen molar-refractivity contribution >= 4 is 68.4 Å². The lowest BCUT2D eigenvalue weighted by molar-refractivity contribution is -0.384. The number of rotatable bonds is 8. The molecule has 9 nitrogen and oxygen atoms in total. The number of aromatic carboxylic acids is 1. The van der Waals surface area contributed by atoms with Crippen LogP contribution in [0.4, 0.5) is 5.69 Å². The van der Waals surface area contributed by atoms with Crippen LogP contribution in [0.2, 0.25) is 10.0 Å². The molecule has 0 saturated heterocycles. The Bertz CT molecular complexity index is 1500. The van der Waals surface area contributed by atoms with Gasteiger partial charge in [0, 0.05) is 22.2 Å². The highest BCUT2D eigenvalue weighted by Gasteiger charge is 2.14. The minimum absolute atomic E-state index is 0.0532. The van der Waals surface area contributed by atoms with Crippen molar-refractivity contribution in [3.05, 3.63) is 102 Å². The van der Waals surface area contributed by atoms with Gasteiger partial charge in [-0.15, -0.1) is 11.3 Å². The molecule has 0 unspecified atom stereocenters. The molecule has 0 aliphatic heterocycles. The van der Waals surface area contributed by atoms with Gasteiger partial charge in [-0.25, -0.2) is 10.2 Å². The predicted molar refractivity (Wildman–Crippen MR) is 138 cm³/mol. The summed E-state index contributed by atoms with van der Waals surface area (Å²) in [6.45, 7) is 0.126. The van der Waals surface area contributed by atoms with Crippen LogP contribution in [0.1, 0.15) is 31.2 Å². The Hall–Kier alpha value is -3.99. The molecule has 182 valence electrons. The lowest BCUT2D eigenvalue weighted by Crippen LogP contribution is -2.16. The van der Waals surface area contributed by atoms with Crippen LogP contribution in [0, 0.1) is 10.1 Å². The average molecular weight is 544 g/mol. The summed E-state index contributed by atoms with van der Waals surface area (Å²) in [5.74, 6) is -1.24. The summed E-state index contributed by atoms with van der Waals surface area (Å²) < 4.78 is 6.43. The SMILES string of the molecule is O=C(O)c1ccc(COc2c(Cl)cc(/C=N\NC(=O)c3cc4cc([N+](=O)[O-])ccc4s3)cc2Cl)cc1. The zero-order chi connectivity index (χ0) is 25.8. The van der Waals surface area contributed by atoms with Crippen LogP contribution < -0.4 is 10.2 Å². The van der Waals surface area contributed by atoms with Crippen LogP contribution in [-0.2, 0) is 6.61 Å². The molecule has 1 amide bonds. The van der Waals surface area contributed by atoms with Gasteiger partial charge in [-0.05, 0) is 47.5 Å². The molecule has 1 heterocycles. The minimum Gasteiger partial charge on any atom is -0.486 e. The number of hydrogen-bond acceptors (Lipinski definition) is 7. The maximum atomic E-state index is 12.4. The van der Waals surface area contributed by atoms with E-state index in [0.29, 0.717) is 15.8 Å². The molecule has 4 rings (SSSR count). The first-order chi connectivity index (χ1) is 17.2. The largest absolute Gasteiger partial charge is 0.486 e. The van der Waals surface area contributed by atoms with Crippen LogP contribution in [0.3, 0.4) is 0 Å². The Balaban J connectivity index is 1.39. The zero-order valence-corrected chi connectivity index (χ0v) is 20.4. The molecular weight excluding hydrogens is 529 g/mol. The van der Waals surface area contributed by atoms with Crippen molar-refractivity contribution in [2.45, 2.75) is 6.61 Å². The number of hydrogen-bond donors (Lipinski definition) is 2. The third kappa shape index (κ3) is 5.80. The van der Waals surface area contributed by atoms with Gasteiger partial charge >= 0.3 is 5.97 Å². The highest BCUT2D eigenvalue weighted by atomic mass is 35.5. The molecule has 3 aromatic carbocycles. The molecule has 2 N–H and O–H groups in total. The molecule has 0 aliphatic rings. The molecule has 0 aliphatic carbocycles. The van der Waals surface area contributed by atoms with E-state index in [4.69, 9.17) is 33.0 Å². The van der Waals surface area contributed by atoms with E-state index >= 15 is 0 Å². The Morgan fingerprint density at radius 3 is 2.42 bits per heavy atom. The van der Waals surface area contributed by atoms with Gasteiger partial charge in [-0.2, -0.15) is 5.10 Å². The predicted octanol–water partition coefficient (Wildman–Crippen LogP) is 6.16. The Kier molecular flexibility index (Phi) is 7.49. The molecular formula is C24H15Cl2N3O6S. The second-order valence-electron chi connectivity index (χ2n) is 7.39. The first kappa shape index (κ1) is 25.1. The first-order valence-electron chi connectivity index (χ1n) is 10.2. The maximum Gasteiger partial charge on any atom is 0.335 e. The standard InChI is InChI=1S/C24H15Cl2N3O6S/c25-18-7-14(8-19(26)22(18)35-12-13-1-3-15(4-2-13)24(31)32)11-27-28-23(30)21-10-16-9-17(29(33)34)5-6-20(16)36-21/h1-11H,12H2,(H,28,30)(H,31,32)/b27-11-. The molecule has 0 spiro atoms. The van der Waals surface area contributed by atoms with E-state index in [9.17, 15) is 19.7 Å². The molecule has 36 heavy (non-hydrogen) atoms. The molecule has 0 radical (unpaired) electrons. The summed E-state index contributed by atoms with van der Waals surface area (Å²) in [5.41, 5.74) is 3.76. The highest BCUT2D eigenvalue weighted by Crippen LogP contribution is 2.34. The fraction of sp³-hybridized carbons (Fsp3) is 0.0417. The van der Waals surface area contributed by atoms with E-state index in [0.717, 1.165) is 10.3 Å². The van der Waals surface area contributed by atoms with Crippen LogP contribution in [0.25, 0.3) is 10.1 Å². The van der Waals surface area contributed by atoms with Crippen molar-refractivity contribution < 1.29 is 24.4 Å². The van der Waals surface area contributed by atoms with Gasteiger partial charge in [0.15, 0.2) is 5.75 Å². The monoisotopic (exact) mass is 543 g/mol. The quantitative estimate of drug-likeness (QED) is 0.155. The smallest absolute Gasteiger partial charge is 0.335 e. The first-order valence-corrected chi connectivity index (χ1v) is 11.7. The maximum absolute atomic E-state index is 12.4. The van der Waals surface area contributed by atoms with E-state index < -0.39 is 16.8 Å². The third-order valence-electron chi connectivity index (χ3n) is 4.92. The number of ether oxygens (including phenoxy) is 1. The van der Waals surface area contributed by atoms with Crippen LogP contribution in [0.15, 0.2) is 65.8 Å². The summed E-state index contributed by atoms with van der Waals surface area (Å²) in [6.07, 6.45) is 1.36. The van der Waals surface area contributed by atoms with Gasteiger partial charge in [0.05, 0.1) is 31.6 Å². The number of non-ortho nitro benzene ring substituents is 1. The lowest BCUT2D eigenvalue weighted by Gasteiger charge is -2.11. The molecule has 4 aromatic rings. The minimum atomic E-state index is -1.02. The summed E-state index contributed by atoms with van der Waals surface area (Å²) in [4.78, 5) is 34.2. The second kappa shape index (κ2) is 10.7. The van der Waals surface area contributed by atoms with Crippen molar-refractivity contribution in [1.82, 2.24) is 5.43 Å². The number of nitrogens with one attached hydrogen (secondary N) is 1. The number of fused-ring (bicyclic) bond motifs is 1. The molecule has 0 saturated carbocycles. The number of benzene rings is 3. The molecule has 12 heteroatoms. The van der Waals surface area contributed by atoms with E-state index in [1.165, 1.54) is 41.8 Å². The third-order valence-corrected chi connectivity index (χ3v) is 6.60. The number of carbonyl (C=O) groups is 2. The van der Waals surface area contributed by atoms with Crippen molar-refractivity contribution in [2.24, 2.45) is 5.10 Å². The van der Waals surface area contributed by atoms with E-state index in [1.54, 1.807) is 36.4 Å². The van der Waals surface area contributed by atoms with Crippen molar-refractivity contribution in [1.29, 1.82) is 0 Å². The number of nitro groups is 1. The van der Waals surface area contributed by atoms with E-state index in [-0.39, 0.29) is 33.7 Å². The summed E-state index contributed by atoms with van der Waals surface area (Å²) in [6, 6.07) is 15.3. The fourth-order valence-electron chi connectivity index (χ4n) is 3.17. The summed E-state index contributed by atoms with van der Waals surface area (Å²) >= 11 is 13.8. The number of carbonyl (C=O) groups excluding carboxylic acids is 1. The number of hydrazone groups is 1. The van der Waals surface area contributed by atoms with E-state index in [2.05, 4.69) is 10.5 Å². The van der Waals surface area contributed by atoms with E-state index in [1.807, 2.05) is 0 Å². The Morgan fingerprint density at radius 2 is 1.78 bits per heavy atom. The second-order valence-corrected chi connectivity index (χ2v) is 9.29. The Morgan fingerprint density at radius 1 is 1.08 bits per heavy atom. The molecule has 0 bridgehead atoms. The Labute approximate surface area is 217 Å². The molecule has 0 atom stereocenters. The van der Waals surface area contributed by atoms with Crippen molar-refractivity contribution in [3.63, 3.8) is 0 Å². The van der Waals surface area contributed by atoms with Crippen molar-refractivity contribution in [2.75, 3.05) is 0 Å². The summed E-state index contributed by atoms with van der Waals surface area (Å²) in [5, 5.41) is 24.9. The number of carboxylic acid groups (broad SMARTS) is 1. The van der Waals surface area contributed by atoms with Crippen LogP contribution in [0.5, 0.6) is 5.75 Å². The average Bonchev–Trinajstić information content (AvgIpc) is 3.27. The van der Waals surface area contributed by atoms with Gasteiger partial charge in [0.1, 0.15) is 6.61 Å². The van der Waals surface area contributed by atoms with Gasteiger partial charge in [-0.1, -0.05) is 35.3 Å². The van der Waals surface area contributed by atoms with Gasteiger partial charge in [-0.3, -0.25) is 14.9 Å². The van der Waals surface area contributed by atoms with Crippen LogP contribution >= 0.6 is 34.5 Å². The summed E-state index contributed by atoms with van der Waals surface area (Å²) in [7, 11) is 0. The normalized spacial score (nSPS) is 11.1. The fourth-order valence-corrected chi connectivity index (χ4v) is 4.71. The number of thiophene rings is 1. The van der Waals surface area contributed by atoms with Gasteiger partial charge in [0.2, 0.25) is 0 Å². The number of nitro benzene ring substituents is 1. The highest BCUT2D eigenvalue weighted by molar-refractivity contribution is 7.20. The van der Waals surface area contributed by atoms with Crippen LogP contribution in [-0.4, -0.2) is 28.1 Å². The molecule has 0 fully saturated rings. The lowest BCUT2D eigenvalue weighted by atomic mass is 10.1. The number of halogens is 2.